The third kappa shape index (κ3) is 1.94. The topological polar surface area (TPSA) is 55.1 Å². The molecule has 4 heteroatoms. The number of aliphatic carboxylic acids is 1. The molecule has 0 unspecified atom stereocenters. The van der Waals surface area contributed by atoms with Crippen molar-refractivity contribution in [1.29, 1.82) is 0 Å². The summed E-state index contributed by atoms with van der Waals surface area (Å²) in [5, 5.41) is 12.8. The number of carboxylic acid groups (broad SMARTS) is 1. The van der Waals surface area contributed by atoms with Gasteiger partial charge in [-0.3, -0.25) is 9.48 Å². The average molecular weight is 192 g/mol. The zero-order valence-corrected chi connectivity index (χ0v) is 8.24. The van der Waals surface area contributed by atoms with Crippen LogP contribution in [0.5, 0.6) is 0 Å². The molecule has 1 aromatic rings. The maximum Gasteiger partial charge on any atom is 0.307 e. The fourth-order valence-electron chi connectivity index (χ4n) is 1.38. The van der Waals surface area contributed by atoms with Gasteiger partial charge < -0.3 is 5.11 Å². The molecule has 0 fully saturated rings. The molecule has 1 rings (SSSR count). The number of carboxylic acids is 1. The lowest BCUT2D eigenvalue weighted by molar-refractivity contribution is -0.136. The van der Waals surface area contributed by atoms with Gasteiger partial charge in [-0.1, -0.05) is 5.92 Å². The van der Waals surface area contributed by atoms with Crippen molar-refractivity contribution in [1.82, 2.24) is 9.78 Å². The summed E-state index contributed by atoms with van der Waals surface area (Å²) in [4.78, 5) is 10.6. The van der Waals surface area contributed by atoms with Crippen LogP contribution in [0.25, 0.3) is 0 Å². The van der Waals surface area contributed by atoms with Gasteiger partial charge in [0.15, 0.2) is 0 Å². The third-order valence-electron chi connectivity index (χ3n) is 2.10. The smallest absolute Gasteiger partial charge is 0.307 e. The van der Waals surface area contributed by atoms with Gasteiger partial charge in [-0.2, -0.15) is 5.10 Å². The maximum absolute atomic E-state index is 10.6. The molecule has 0 aliphatic carbocycles. The molecule has 0 amide bonds. The standard InChI is InChI=1S/C10H12N2O2/c1-4-5-12-8(3)9(6-10(13)14)7(2)11-12/h1H,5-6H2,2-3H3,(H,13,14). The largest absolute Gasteiger partial charge is 0.481 e. The highest BCUT2D eigenvalue weighted by Gasteiger charge is 2.13. The van der Waals surface area contributed by atoms with Crippen LogP contribution in [-0.4, -0.2) is 20.9 Å². The van der Waals surface area contributed by atoms with Crippen molar-refractivity contribution in [2.45, 2.75) is 26.8 Å². The summed E-state index contributed by atoms with van der Waals surface area (Å²) in [6.45, 7) is 4.00. The monoisotopic (exact) mass is 192 g/mol. The van der Waals surface area contributed by atoms with Crippen molar-refractivity contribution >= 4 is 5.97 Å². The molecule has 0 atom stereocenters. The first-order chi connectivity index (χ1) is 6.56. The highest BCUT2D eigenvalue weighted by Crippen LogP contribution is 2.13. The highest BCUT2D eigenvalue weighted by atomic mass is 16.4. The molecule has 0 aliphatic heterocycles. The quantitative estimate of drug-likeness (QED) is 0.719. The van der Waals surface area contributed by atoms with Gasteiger partial charge in [-0.25, -0.2) is 0 Å². The highest BCUT2D eigenvalue weighted by molar-refractivity contribution is 5.70. The first-order valence-corrected chi connectivity index (χ1v) is 4.24. The molecule has 74 valence electrons. The van der Waals surface area contributed by atoms with E-state index < -0.39 is 5.97 Å². The van der Waals surface area contributed by atoms with Crippen molar-refractivity contribution < 1.29 is 9.90 Å². The van der Waals surface area contributed by atoms with Crippen LogP contribution in [-0.2, 0) is 17.8 Å². The van der Waals surface area contributed by atoms with E-state index in [4.69, 9.17) is 11.5 Å². The Morgan fingerprint density at radius 3 is 2.79 bits per heavy atom. The van der Waals surface area contributed by atoms with Crippen LogP contribution in [0.2, 0.25) is 0 Å². The molecule has 0 saturated heterocycles. The van der Waals surface area contributed by atoms with Gasteiger partial charge >= 0.3 is 5.97 Å². The number of rotatable bonds is 3. The van der Waals surface area contributed by atoms with Crippen LogP contribution in [0.15, 0.2) is 0 Å². The first kappa shape index (κ1) is 10.3. The Morgan fingerprint density at radius 2 is 2.29 bits per heavy atom. The minimum absolute atomic E-state index is 0.00222. The summed E-state index contributed by atoms with van der Waals surface area (Å²) in [6, 6.07) is 0. The lowest BCUT2D eigenvalue weighted by Crippen LogP contribution is -2.04. The van der Waals surface area contributed by atoms with Crippen LogP contribution < -0.4 is 0 Å². The molecule has 4 nitrogen and oxygen atoms in total. The SMILES string of the molecule is C#CCn1nc(C)c(CC(=O)O)c1C. The van der Waals surface area contributed by atoms with E-state index in [9.17, 15) is 4.79 Å². The second-order valence-corrected chi connectivity index (χ2v) is 3.08. The zero-order chi connectivity index (χ0) is 10.7. The Kier molecular flexibility index (Phi) is 2.92. The van der Waals surface area contributed by atoms with Gasteiger partial charge in [0.25, 0.3) is 0 Å². The summed E-state index contributed by atoms with van der Waals surface area (Å²) >= 11 is 0. The molecular weight excluding hydrogens is 180 g/mol. The van der Waals surface area contributed by atoms with Crippen LogP contribution in [0, 0.1) is 26.2 Å². The Morgan fingerprint density at radius 1 is 1.64 bits per heavy atom. The molecule has 0 bridgehead atoms. The number of hydrogen-bond acceptors (Lipinski definition) is 2. The lowest BCUT2D eigenvalue weighted by Gasteiger charge is -1.99. The van der Waals surface area contributed by atoms with Crippen molar-refractivity contribution in [2.24, 2.45) is 0 Å². The Labute approximate surface area is 82.5 Å². The van der Waals surface area contributed by atoms with Crippen molar-refractivity contribution in [3.05, 3.63) is 17.0 Å². The second-order valence-electron chi connectivity index (χ2n) is 3.08. The van der Waals surface area contributed by atoms with E-state index in [-0.39, 0.29) is 6.42 Å². The molecule has 0 saturated carbocycles. The van der Waals surface area contributed by atoms with Crippen LogP contribution in [0.4, 0.5) is 0 Å². The Hall–Kier alpha value is -1.76. The lowest BCUT2D eigenvalue weighted by atomic mass is 10.1. The van der Waals surface area contributed by atoms with Gasteiger partial charge in [0, 0.05) is 11.3 Å². The number of carbonyl (C=O) groups is 1. The average Bonchev–Trinajstić information content (AvgIpc) is 2.33. The van der Waals surface area contributed by atoms with E-state index in [0.29, 0.717) is 6.54 Å². The zero-order valence-electron chi connectivity index (χ0n) is 8.24. The summed E-state index contributed by atoms with van der Waals surface area (Å²) in [6.07, 6.45) is 5.17. The Bertz CT molecular complexity index is 399. The molecule has 0 aromatic carbocycles. The van der Waals surface area contributed by atoms with Crippen molar-refractivity contribution in [3.63, 3.8) is 0 Å². The number of nitrogens with zero attached hydrogens (tertiary/aromatic N) is 2. The van der Waals surface area contributed by atoms with Crippen molar-refractivity contribution in [2.75, 3.05) is 0 Å². The fourth-order valence-corrected chi connectivity index (χ4v) is 1.38. The molecule has 14 heavy (non-hydrogen) atoms. The van der Waals surface area contributed by atoms with Crippen LogP contribution in [0.1, 0.15) is 17.0 Å². The van der Waals surface area contributed by atoms with E-state index in [1.54, 1.807) is 11.6 Å². The van der Waals surface area contributed by atoms with Gasteiger partial charge in [-0.15, -0.1) is 6.42 Å². The summed E-state index contributed by atoms with van der Waals surface area (Å²) in [7, 11) is 0. The predicted molar refractivity (Wildman–Crippen MR) is 51.9 cm³/mol. The Balaban J connectivity index is 3.06. The number of aromatic nitrogens is 2. The van der Waals surface area contributed by atoms with E-state index in [2.05, 4.69) is 11.0 Å². The minimum Gasteiger partial charge on any atom is -0.481 e. The normalized spacial score (nSPS) is 9.79. The minimum atomic E-state index is -0.851. The summed E-state index contributed by atoms with van der Waals surface area (Å²) in [5.74, 6) is 1.62. The van der Waals surface area contributed by atoms with Crippen molar-refractivity contribution in [3.8, 4) is 12.3 Å². The molecule has 1 N–H and O–H groups in total. The van der Waals surface area contributed by atoms with E-state index >= 15 is 0 Å². The van der Waals surface area contributed by atoms with Gasteiger partial charge in [-0.05, 0) is 13.8 Å². The second kappa shape index (κ2) is 3.97. The van der Waals surface area contributed by atoms with Gasteiger partial charge in [0.1, 0.15) is 6.54 Å². The number of terminal acetylenes is 1. The molecular formula is C10H12N2O2. The maximum atomic E-state index is 10.6. The third-order valence-corrected chi connectivity index (χ3v) is 2.10. The molecule has 1 aromatic heterocycles. The summed E-state index contributed by atoms with van der Waals surface area (Å²) < 4.78 is 1.65. The van der Waals surface area contributed by atoms with Gasteiger partial charge in [0.05, 0.1) is 12.1 Å². The van der Waals surface area contributed by atoms with E-state index in [1.807, 2.05) is 6.92 Å². The van der Waals surface area contributed by atoms with Gasteiger partial charge in [0.2, 0.25) is 0 Å². The van der Waals surface area contributed by atoms with Crippen LogP contribution in [0.3, 0.4) is 0 Å². The van der Waals surface area contributed by atoms with Crippen LogP contribution >= 0.6 is 0 Å². The molecule has 0 spiro atoms. The number of aryl methyl sites for hydroxylation is 1. The predicted octanol–water partition coefficient (Wildman–Crippen LogP) is 0.760. The molecule has 0 radical (unpaired) electrons. The van der Waals surface area contributed by atoms with E-state index in [0.717, 1.165) is 17.0 Å². The molecule has 1 heterocycles. The number of hydrogen-bond donors (Lipinski definition) is 1. The fraction of sp³-hybridized carbons (Fsp3) is 0.400. The molecule has 0 aliphatic rings. The first-order valence-electron chi connectivity index (χ1n) is 4.24. The van der Waals surface area contributed by atoms with E-state index in [1.165, 1.54) is 0 Å². The summed E-state index contributed by atoms with van der Waals surface area (Å²) in [5.41, 5.74) is 2.33.